The van der Waals surface area contributed by atoms with Gasteiger partial charge in [0.1, 0.15) is 27.8 Å². The first-order valence-electron chi connectivity index (χ1n) is 14.2. The number of hydrogen-bond donors (Lipinski definition) is 2. The van der Waals surface area contributed by atoms with Gasteiger partial charge >= 0.3 is 5.97 Å². The number of aromatic amines is 1. The Labute approximate surface area is 258 Å². The van der Waals surface area contributed by atoms with Crippen molar-refractivity contribution in [1.82, 2.24) is 25.3 Å². The number of hydrogen-bond acceptors (Lipinski definition) is 11. The minimum atomic E-state index is -0.442. The van der Waals surface area contributed by atoms with Gasteiger partial charge in [-0.1, -0.05) is 34.5 Å². The summed E-state index contributed by atoms with van der Waals surface area (Å²) < 4.78 is 11.5. The van der Waals surface area contributed by atoms with Crippen LogP contribution in [-0.4, -0.2) is 90.3 Å². The van der Waals surface area contributed by atoms with Crippen LogP contribution >= 0.6 is 34.5 Å². The van der Waals surface area contributed by atoms with E-state index < -0.39 is 5.97 Å². The van der Waals surface area contributed by atoms with Crippen molar-refractivity contribution in [1.29, 1.82) is 0 Å². The number of rotatable bonds is 10. The van der Waals surface area contributed by atoms with E-state index in [0.29, 0.717) is 63.9 Å². The molecule has 0 bridgehead atoms. The molecule has 226 valence electrons. The van der Waals surface area contributed by atoms with Gasteiger partial charge in [-0.25, -0.2) is 19.7 Å². The molecule has 2 atom stereocenters. The number of H-pyrrole nitrogens is 1. The number of Topliss-reactive ketones (excluding diaryl/α,β-unsaturated/α-hetero) is 1. The largest absolute Gasteiger partial charge is 0.462 e. The van der Waals surface area contributed by atoms with Gasteiger partial charge in [0.15, 0.2) is 10.9 Å². The van der Waals surface area contributed by atoms with Crippen molar-refractivity contribution in [2.45, 2.75) is 39.7 Å². The summed E-state index contributed by atoms with van der Waals surface area (Å²) in [6.45, 7) is 10.9. The number of aromatic nitrogens is 4. The van der Waals surface area contributed by atoms with Gasteiger partial charge in [0, 0.05) is 58.0 Å². The topological polar surface area (TPSA) is 126 Å². The second-order valence-electron chi connectivity index (χ2n) is 10.3. The SMILES string of the molecule is CCOC(=O)c1sc(N2CC[C@@H](CC(=O)c3[nH]c(C)c(Cl)c3Cl)[C@@H](OCC)C2)nc1-c1cnc(N2CCNCC2)cn1. The standard InChI is InChI=1S/C28H35Cl2N7O4S/c1-4-40-20-15-37(9-6-17(20)12-19(38)25-23(30)22(29)16(3)34-25)28-35-24(26(42-28)27(39)41-5-2)18-13-33-21(14-32-18)36-10-7-31-8-11-36/h13-14,17,20,31,34H,4-12,15H2,1-3H3/t17-,20-/m0/s1. The fraction of sp³-hybridized carbons (Fsp3) is 0.536. The minimum absolute atomic E-state index is 0.0143. The zero-order valence-corrected chi connectivity index (χ0v) is 26.2. The lowest BCUT2D eigenvalue weighted by Gasteiger charge is -2.38. The van der Waals surface area contributed by atoms with Crippen LogP contribution in [-0.2, 0) is 9.47 Å². The molecule has 11 nitrogen and oxygen atoms in total. The van der Waals surface area contributed by atoms with E-state index in [4.69, 9.17) is 37.7 Å². The first kappa shape index (κ1) is 30.7. The van der Waals surface area contributed by atoms with Crippen LogP contribution in [0, 0.1) is 12.8 Å². The molecule has 2 aliphatic rings. The normalized spacial score (nSPS) is 19.3. The van der Waals surface area contributed by atoms with E-state index >= 15 is 0 Å². The summed E-state index contributed by atoms with van der Waals surface area (Å²) >= 11 is 13.8. The summed E-state index contributed by atoms with van der Waals surface area (Å²) in [7, 11) is 0. The summed E-state index contributed by atoms with van der Waals surface area (Å²) in [5.74, 6) is 0.243. The molecule has 0 aliphatic carbocycles. The molecule has 2 saturated heterocycles. The maximum atomic E-state index is 13.1. The molecular formula is C28H35Cl2N7O4S. The molecule has 42 heavy (non-hydrogen) atoms. The number of nitrogens with zero attached hydrogens (tertiary/aromatic N) is 5. The van der Waals surface area contributed by atoms with Crippen molar-refractivity contribution in [3.63, 3.8) is 0 Å². The molecule has 0 amide bonds. The molecule has 2 fully saturated rings. The fourth-order valence-electron chi connectivity index (χ4n) is 5.33. The predicted molar refractivity (Wildman–Crippen MR) is 164 cm³/mol. The lowest BCUT2D eigenvalue weighted by molar-refractivity contribution is 0.0103. The molecule has 14 heteroatoms. The number of nitrogens with one attached hydrogen (secondary N) is 2. The van der Waals surface area contributed by atoms with Crippen molar-refractivity contribution in [3.8, 4) is 11.4 Å². The highest BCUT2D eigenvalue weighted by Crippen LogP contribution is 2.37. The van der Waals surface area contributed by atoms with Gasteiger partial charge in [-0.05, 0) is 33.1 Å². The van der Waals surface area contributed by atoms with Gasteiger partial charge in [0.05, 0.1) is 35.1 Å². The van der Waals surface area contributed by atoms with E-state index in [-0.39, 0.29) is 35.9 Å². The fourth-order valence-corrected chi connectivity index (χ4v) is 6.77. The number of thiazole rings is 1. The van der Waals surface area contributed by atoms with Crippen LogP contribution in [0.3, 0.4) is 0 Å². The number of esters is 1. The van der Waals surface area contributed by atoms with Crippen molar-refractivity contribution < 1.29 is 19.1 Å². The van der Waals surface area contributed by atoms with E-state index in [1.807, 2.05) is 6.92 Å². The van der Waals surface area contributed by atoms with E-state index in [9.17, 15) is 9.59 Å². The Hall–Kier alpha value is -2.77. The zero-order chi connectivity index (χ0) is 29.8. The highest BCUT2D eigenvalue weighted by atomic mass is 35.5. The third kappa shape index (κ3) is 6.57. The summed E-state index contributed by atoms with van der Waals surface area (Å²) in [4.78, 5) is 47.9. The maximum absolute atomic E-state index is 13.1. The second kappa shape index (κ2) is 13.7. The lowest BCUT2D eigenvalue weighted by atomic mass is 9.88. The highest BCUT2D eigenvalue weighted by Gasteiger charge is 2.35. The Morgan fingerprint density at radius 2 is 1.86 bits per heavy atom. The number of carbonyl (C=O) groups is 2. The Bertz CT molecular complexity index is 1410. The Kier molecular flexibility index (Phi) is 10.00. The number of aryl methyl sites for hydroxylation is 1. The maximum Gasteiger partial charge on any atom is 0.350 e. The van der Waals surface area contributed by atoms with Gasteiger partial charge < -0.3 is 29.6 Å². The van der Waals surface area contributed by atoms with E-state index in [1.54, 1.807) is 26.2 Å². The van der Waals surface area contributed by atoms with Crippen molar-refractivity contribution in [3.05, 3.63) is 38.7 Å². The Balaban J connectivity index is 1.35. The Morgan fingerprint density at radius 1 is 1.07 bits per heavy atom. The summed E-state index contributed by atoms with van der Waals surface area (Å²) in [5.41, 5.74) is 1.97. The van der Waals surface area contributed by atoms with E-state index in [2.05, 4.69) is 30.1 Å². The average molecular weight is 637 g/mol. The predicted octanol–water partition coefficient (Wildman–Crippen LogP) is 4.63. The Morgan fingerprint density at radius 3 is 2.50 bits per heavy atom. The number of ketones is 1. The van der Waals surface area contributed by atoms with Crippen LogP contribution < -0.4 is 15.1 Å². The smallest absolute Gasteiger partial charge is 0.350 e. The lowest BCUT2D eigenvalue weighted by Crippen LogP contribution is -2.46. The first-order valence-corrected chi connectivity index (χ1v) is 15.8. The van der Waals surface area contributed by atoms with Crippen molar-refractivity contribution in [2.24, 2.45) is 5.92 Å². The van der Waals surface area contributed by atoms with Crippen LogP contribution in [0.2, 0.25) is 10.0 Å². The molecule has 5 heterocycles. The van der Waals surface area contributed by atoms with Crippen LogP contribution in [0.25, 0.3) is 11.4 Å². The third-order valence-corrected chi connectivity index (χ3v) is 9.57. The molecule has 5 rings (SSSR count). The molecule has 3 aromatic rings. The highest BCUT2D eigenvalue weighted by molar-refractivity contribution is 7.17. The number of halogens is 2. The van der Waals surface area contributed by atoms with Crippen LogP contribution in [0.4, 0.5) is 10.9 Å². The molecule has 3 aromatic heterocycles. The molecular weight excluding hydrogens is 601 g/mol. The van der Waals surface area contributed by atoms with Crippen molar-refractivity contribution >= 4 is 57.2 Å². The summed E-state index contributed by atoms with van der Waals surface area (Å²) in [5, 5.41) is 4.63. The molecule has 0 unspecified atom stereocenters. The van der Waals surface area contributed by atoms with Crippen molar-refractivity contribution in [2.75, 3.05) is 62.3 Å². The number of piperazine rings is 1. The second-order valence-corrected chi connectivity index (χ2v) is 12.0. The quantitative estimate of drug-likeness (QED) is 0.240. The van der Waals surface area contributed by atoms with Gasteiger partial charge in [-0.2, -0.15) is 0 Å². The number of ether oxygens (including phenoxy) is 2. The third-order valence-electron chi connectivity index (χ3n) is 7.53. The molecule has 2 N–H and O–H groups in total. The molecule has 0 radical (unpaired) electrons. The van der Waals surface area contributed by atoms with Crippen LogP contribution in [0.1, 0.15) is 52.5 Å². The van der Waals surface area contributed by atoms with E-state index in [1.165, 1.54) is 11.3 Å². The number of anilines is 2. The first-order chi connectivity index (χ1) is 20.3. The zero-order valence-electron chi connectivity index (χ0n) is 23.9. The van der Waals surface area contributed by atoms with Crippen LogP contribution in [0.5, 0.6) is 0 Å². The van der Waals surface area contributed by atoms with Gasteiger partial charge in [-0.3, -0.25) is 4.79 Å². The van der Waals surface area contributed by atoms with E-state index in [0.717, 1.165) is 32.0 Å². The average Bonchev–Trinajstić information content (AvgIpc) is 3.56. The molecule has 2 aliphatic heterocycles. The van der Waals surface area contributed by atoms with Gasteiger partial charge in [-0.15, -0.1) is 0 Å². The molecule has 0 saturated carbocycles. The molecule has 0 aromatic carbocycles. The molecule has 0 spiro atoms. The number of piperidine rings is 1. The van der Waals surface area contributed by atoms with Crippen LogP contribution in [0.15, 0.2) is 12.4 Å². The number of carbonyl (C=O) groups excluding carboxylic acids is 2. The van der Waals surface area contributed by atoms with Gasteiger partial charge in [0.25, 0.3) is 0 Å². The summed E-state index contributed by atoms with van der Waals surface area (Å²) in [6.07, 6.45) is 4.16. The summed E-state index contributed by atoms with van der Waals surface area (Å²) in [6, 6.07) is 0. The monoisotopic (exact) mass is 635 g/mol. The van der Waals surface area contributed by atoms with Gasteiger partial charge in [0.2, 0.25) is 0 Å². The minimum Gasteiger partial charge on any atom is -0.462 e.